The molecule has 0 aromatic heterocycles. The molecule has 0 aromatic carbocycles. The van der Waals surface area contributed by atoms with Crippen LogP contribution in [0.5, 0.6) is 0 Å². The van der Waals surface area contributed by atoms with Gasteiger partial charge < -0.3 is 5.73 Å². The van der Waals surface area contributed by atoms with E-state index in [1.54, 1.807) is 6.08 Å². The Morgan fingerprint density at radius 3 is 2.67 bits per heavy atom. The summed E-state index contributed by atoms with van der Waals surface area (Å²) in [6, 6.07) is 0. The first-order chi connectivity index (χ1) is 2.91. The molecule has 2 N–H and O–H groups in total. The lowest BCUT2D eigenvalue weighted by Crippen LogP contribution is -1.77. The smallest absolute Gasteiger partial charge is 0.0579 e. The highest BCUT2D eigenvalue weighted by molar-refractivity contribution is 5.23. The van der Waals surface area contributed by atoms with Crippen LogP contribution in [0, 0.1) is 0 Å². The van der Waals surface area contributed by atoms with Gasteiger partial charge in [-0.25, -0.2) is 0 Å². The maximum absolute atomic E-state index is 4.95. The quantitative estimate of drug-likeness (QED) is 0.475. The van der Waals surface area contributed by atoms with Gasteiger partial charge in [0, 0.05) is 0 Å². The summed E-state index contributed by atoms with van der Waals surface area (Å²) in [6.07, 6.45) is 3.18. The van der Waals surface area contributed by atoms with E-state index in [0.717, 1.165) is 0 Å². The van der Waals surface area contributed by atoms with Crippen LogP contribution in [0.4, 0.5) is 0 Å². The molecule has 0 atom stereocenters. The monoisotopic (exact) mass is 84.1 g/mol. The van der Waals surface area contributed by atoms with E-state index in [0.29, 0.717) is 6.54 Å². The summed E-state index contributed by atoms with van der Waals surface area (Å²) >= 11 is 0. The van der Waals surface area contributed by atoms with Crippen LogP contribution < -0.4 is 5.73 Å². The second-order valence-corrected chi connectivity index (χ2v) is 0.834. The van der Waals surface area contributed by atoms with Gasteiger partial charge in [0.1, 0.15) is 0 Å². The van der Waals surface area contributed by atoms with Crippen LogP contribution in [0.1, 0.15) is 0 Å². The number of nitrogens with two attached hydrogens (primary N) is 1. The number of aliphatic imine (C=N–C) groups is 1. The minimum atomic E-state index is 0.622. The third kappa shape index (κ3) is 3.21. The summed E-state index contributed by atoms with van der Waals surface area (Å²) in [6.45, 7) is 3.86. The van der Waals surface area contributed by atoms with Crippen LogP contribution in [-0.2, 0) is 0 Å². The van der Waals surface area contributed by atoms with Gasteiger partial charge in [-0.05, 0) is 19.0 Å². The second-order valence-electron chi connectivity index (χ2n) is 0.834. The zero-order valence-electron chi connectivity index (χ0n) is 3.59. The molecule has 0 unspecified atom stereocenters. The largest absolute Gasteiger partial charge is 0.405 e. The Hall–Kier alpha value is -0.790. The van der Waals surface area contributed by atoms with Gasteiger partial charge in [0.25, 0.3) is 0 Å². The molecule has 6 heavy (non-hydrogen) atoms. The molecule has 2 nitrogen and oxygen atoms in total. The van der Waals surface area contributed by atoms with Crippen LogP contribution in [0.25, 0.3) is 0 Å². The van der Waals surface area contributed by atoms with E-state index in [1.165, 1.54) is 6.20 Å². The molecule has 0 aliphatic carbocycles. The van der Waals surface area contributed by atoms with Crippen molar-refractivity contribution in [3.63, 3.8) is 0 Å². The maximum Gasteiger partial charge on any atom is 0.0579 e. The Kier molecular flexibility index (Phi) is 3.66. The van der Waals surface area contributed by atoms with Crippen molar-refractivity contribution < 1.29 is 0 Å². The number of nitrogens with zero attached hydrogens (tertiary/aromatic N) is 1. The molecule has 0 amide bonds. The van der Waals surface area contributed by atoms with Crippen molar-refractivity contribution in [2.45, 2.75) is 0 Å². The number of hydrogen-bond donors (Lipinski definition) is 1. The molecule has 0 spiro atoms. The van der Waals surface area contributed by atoms with E-state index in [-0.39, 0.29) is 0 Å². The molecule has 0 saturated carbocycles. The molecule has 0 saturated heterocycles. The van der Waals surface area contributed by atoms with Gasteiger partial charge in [-0.15, -0.1) is 0 Å². The molecular formula is C4H8N2. The molecule has 0 aromatic rings. The zero-order valence-corrected chi connectivity index (χ0v) is 3.59. The first-order valence-electron chi connectivity index (χ1n) is 1.71. The molecular weight excluding hydrogens is 76.1 g/mol. The fourth-order valence-corrected chi connectivity index (χ4v) is 0.135. The summed E-state index contributed by atoms with van der Waals surface area (Å²) in [5.41, 5.74) is 4.95. The molecule has 0 aliphatic rings. The predicted octanol–water partition coefficient (Wildman–Crippen LogP) is 0.159. The molecule has 2 heteroatoms. The van der Waals surface area contributed by atoms with Gasteiger partial charge in [0.15, 0.2) is 0 Å². The fraction of sp³-hybridized carbons (Fsp3) is 0.250. The van der Waals surface area contributed by atoms with E-state index < -0.39 is 0 Å². The highest BCUT2D eigenvalue weighted by atomic mass is 14.7. The zero-order chi connectivity index (χ0) is 4.83. The van der Waals surface area contributed by atoms with Crippen molar-refractivity contribution in [2.24, 2.45) is 10.7 Å². The molecule has 34 valence electrons. The number of hydrogen-bond acceptors (Lipinski definition) is 2. The summed E-state index contributed by atoms with van der Waals surface area (Å²) in [5.74, 6) is 0. The summed E-state index contributed by atoms with van der Waals surface area (Å²) in [5, 5.41) is 0. The SMILES string of the molecule is C=NC/C=C\N. The maximum atomic E-state index is 4.95. The Morgan fingerprint density at radius 2 is 2.50 bits per heavy atom. The van der Waals surface area contributed by atoms with Crippen molar-refractivity contribution in [1.29, 1.82) is 0 Å². The lowest BCUT2D eigenvalue weighted by Gasteiger charge is -1.71. The van der Waals surface area contributed by atoms with Crippen molar-refractivity contribution >= 4 is 6.72 Å². The summed E-state index contributed by atoms with van der Waals surface area (Å²) in [4.78, 5) is 3.51. The van der Waals surface area contributed by atoms with Crippen LogP contribution in [0.15, 0.2) is 17.3 Å². The second kappa shape index (κ2) is 4.21. The number of rotatable bonds is 2. The standard InChI is InChI=1S/C4H8N2/c1-6-4-2-3-5/h2-3H,1,4-5H2/b3-2-. The minimum Gasteiger partial charge on any atom is -0.405 e. The molecule has 0 rings (SSSR count). The normalized spacial score (nSPS) is 9.33. The van der Waals surface area contributed by atoms with Crippen molar-refractivity contribution in [3.05, 3.63) is 12.3 Å². The third-order valence-corrected chi connectivity index (χ3v) is 0.371. The van der Waals surface area contributed by atoms with E-state index in [2.05, 4.69) is 11.7 Å². The Morgan fingerprint density at radius 1 is 1.83 bits per heavy atom. The van der Waals surface area contributed by atoms with Crippen LogP contribution in [0.2, 0.25) is 0 Å². The van der Waals surface area contributed by atoms with E-state index in [1.807, 2.05) is 0 Å². The molecule has 0 radical (unpaired) electrons. The Balaban J connectivity index is 2.85. The van der Waals surface area contributed by atoms with Crippen LogP contribution in [-0.4, -0.2) is 13.3 Å². The van der Waals surface area contributed by atoms with E-state index >= 15 is 0 Å². The third-order valence-electron chi connectivity index (χ3n) is 0.371. The first-order valence-corrected chi connectivity index (χ1v) is 1.71. The van der Waals surface area contributed by atoms with Gasteiger partial charge in [0.05, 0.1) is 6.54 Å². The summed E-state index contributed by atoms with van der Waals surface area (Å²) in [7, 11) is 0. The highest BCUT2D eigenvalue weighted by Gasteiger charge is 1.57. The van der Waals surface area contributed by atoms with Crippen LogP contribution >= 0.6 is 0 Å². The Bertz CT molecular complexity index is 56.6. The van der Waals surface area contributed by atoms with Crippen molar-refractivity contribution in [3.8, 4) is 0 Å². The molecule has 0 aliphatic heterocycles. The summed E-state index contributed by atoms with van der Waals surface area (Å²) < 4.78 is 0. The first kappa shape index (κ1) is 5.21. The average molecular weight is 84.1 g/mol. The van der Waals surface area contributed by atoms with Crippen LogP contribution in [0.3, 0.4) is 0 Å². The molecule has 0 bridgehead atoms. The van der Waals surface area contributed by atoms with Gasteiger partial charge >= 0.3 is 0 Å². The van der Waals surface area contributed by atoms with Crippen molar-refractivity contribution in [1.82, 2.24) is 0 Å². The minimum absolute atomic E-state index is 0.622. The van der Waals surface area contributed by atoms with E-state index in [9.17, 15) is 0 Å². The molecule has 0 heterocycles. The predicted molar refractivity (Wildman–Crippen MR) is 27.7 cm³/mol. The molecule has 0 fully saturated rings. The van der Waals surface area contributed by atoms with E-state index in [4.69, 9.17) is 5.73 Å². The Labute approximate surface area is 37.4 Å². The highest BCUT2D eigenvalue weighted by Crippen LogP contribution is 1.63. The topological polar surface area (TPSA) is 38.4 Å². The van der Waals surface area contributed by atoms with Gasteiger partial charge in [-0.1, -0.05) is 0 Å². The van der Waals surface area contributed by atoms with Gasteiger partial charge in [-0.2, -0.15) is 0 Å². The van der Waals surface area contributed by atoms with Gasteiger partial charge in [0.2, 0.25) is 0 Å². The lowest BCUT2D eigenvalue weighted by molar-refractivity contribution is 1.26. The van der Waals surface area contributed by atoms with Crippen molar-refractivity contribution in [2.75, 3.05) is 6.54 Å². The van der Waals surface area contributed by atoms with Gasteiger partial charge in [-0.3, -0.25) is 4.99 Å². The average Bonchev–Trinajstić information content (AvgIpc) is 1.61. The lowest BCUT2D eigenvalue weighted by atomic mass is 10.6. The fourth-order valence-electron chi connectivity index (χ4n) is 0.135.